The third kappa shape index (κ3) is 3.35. The van der Waals surface area contributed by atoms with Gasteiger partial charge in [-0.2, -0.15) is 0 Å². The Morgan fingerprint density at radius 1 is 1.42 bits per heavy atom. The molecule has 0 saturated carbocycles. The maximum Gasteiger partial charge on any atom is 0.254 e. The predicted octanol–water partition coefficient (Wildman–Crippen LogP) is 3.91. The number of rotatable bonds is 2. The van der Waals surface area contributed by atoms with E-state index in [1.54, 1.807) is 19.1 Å². The Kier molecular flexibility index (Phi) is 4.97. The Morgan fingerprint density at radius 3 is 2.89 bits per heavy atom. The van der Waals surface area contributed by atoms with Crippen LogP contribution in [0.5, 0.6) is 0 Å². The molecule has 1 heterocycles. The van der Waals surface area contributed by atoms with Gasteiger partial charge in [-0.15, -0.1) is 0 Å². The van der Waals surface area contributed by atoms with Crippen LogP contribution in [0, 0.1) is 12.7 Å². The van der Waals surface area contributed by atoms with E-state index in [1.807, 2.05) is 4.90 Å². The van der Waals surface area contributed by atoms with Gasteiger partial charge in [0.05, 0.1) is 0 Å². The van der Waals surface area contributed by atoms with Crippen molar-refractivity contribution in [1.82, 2.24) is 4.90 Å². The van der Waals surface area contributed by atoms with E-state index in [-0.39, 0.29) is 17.8 Å². The number of aryl methyl sites for hydroxylation is 1. The highest BCUT2D eigenvalue weighted by atomic mass is 79.9. The average molecular weight is 328 g/mol. The fourth-order valence-corrected chi connectivity index (χ4v) is 3.22. The van der Waals surface area contributed by atoms with E-state index in [0.717, 1.165) is 24.7 Å². The molecule has 19 heavy (non-hydrogen) atoms. The standard InChI is InChI=1S/C15H19BrFNO/c1-11-9-12(6-7-14(11)17)15(19)18-8-4-2-3-5-13(18)10-16/h6-7,9,13H,2-5,8,10H2,1H3. The first-order valence-electron chi connectivity index (χ1n) is 6.76. The summed E-state index contributed by atoms with van der Waals surface area (Å²) in [6.07, 6.45) is 4.44. The molecule has 0 spiro atoms. The summed E-state index contributed by atoms with van der Waals surface area (Å²) in [6, 6.07) is 4.86. The van der Waals surface area contributed by atoms with Crippen molar-refractivity contribution in [3.05, 3.63) is 35.1 Å². The van der Waals surface area contributed by atoms with Crippen LogP contribution in [0.2, 0.25) is 0 Å². The van der Waals surface area contributed by atoms with Crippen molar-refractivity contribution in [3.63, 3.8) is 0 Å². The molecule has 0 bridgehead atoms. The molecule has 0 aliphatic carbocycles. The minimum Gasteiger partial charge on any atom is -0.335 e. The van der Waals surface area contributed by atoms with E-state index in [0.29, 0.717) is 11.1 Å². The lowest BCUT2D eigenvalue weighted by Gasteiger charge is -2.29. The van der Waals surface area contributed by atoms with Gasteiger partial charge in [-0.05, 0) is 43.5 Å². The van der Waals surface area contributed by atoms with Gasteiger partial charge in [-0.25, -0.2) is 4.39 Å². The molecule has 1 saturated heterocycles. The molecule has 1 amide bonds. The Labute approximate surface area is 122 Å². The Hall–Kier alpha value is -0.900. The molecule has 1 atom stereocenters. The van der Waals surface area contributed by atoms with E-state index in [9.17, 15) is 9.18 Å². The lowest BCUT2D eigenvalue weighted by atomic mass is 10.1. The van der Waals surface area contributed by atoms with Gasteiger partial charge in [0.25, 0.3) is 5.91 Å². The number of hydrogen-bond acceptors (Lipinski definition) is 1. The molecule has 1 aliphatic rings. The van der Waals surface area contributed by atoms with Crippen LogP contribution < -0.4 is 0 Å². The molecule has 1 fully saturated rings. The smallest absolute Gasteiger partial charge is 0.254 e. The van der Waals surface area contributed by atoms with Crippen LogP contribution in [0.15, 0.2) is 18.2 Å². The van der Waals surface area contributed by atoms with E-state index >= 15 is 0 Å². The summed E-state index contributed by atoms with van der Waals surface area (Å²) < 4.78 is 13.3. The van der Waals surface area contributed by atoms with E-state index < -0.39 is 0 Å². The molecule has 1 aromatic carbocycles. The van der Waals surface area contributed by atoms with Crippen LogP contribution in [0.25, 0.3) is 0 Å². The molecular weight excluding hydrogens is 309 g/mol. The summed E-state index contributed by atoms with van der Waals surface area (Å²) in [5.74, 6) is -0.237. The molecule has 0 aromatic heterocycles. The molecule has 0 N–H and O–H groups in total. The topological polar surface area (TPSA) is 20.3 Å². The van der Waals surface area contributed by atoms with Crippen molar-refractivity contribution in [2.24, 2.45) is 0 Å². The van der Waals surface area contributed by atoms with Crippen LogP contribution in [-0.2, 0) is 0 Å². The fraction of sp³-hybridized carbons (Fsp3) is 0.533. The lowest BCUT2D eigenvalue weighted by Crippen LogP contribution is -2.41. The predicted molar refractivity (Wildman–Crippen MR) is 78.2 cm³/mol. The van der Waals surface area contributed by atoms with Gasteiger partial charge in [0, 0.05) is 23.5 Å². The van der Waals surface area contributed by atoms with Gasteiger partial charge >= 0.3 is 0 Å². The van der Waals surface area contributed by atoms with Gasteiger partial charge in [-0.3, -0.25) is 4.79 Å². The zero-order chi connectivity index (χ0) is 13.8. The molecule has 1 aromatic rings. The van der Waals surface area contributed by atoms with E-state index in [1.165, 1.54) is 18.9 Å². The first kappa shape index (κ1) is 14.5. The minimum atomic E-state index is -0.260. The number of nitrogens with zero attached hydrogens (tertiary/aromatic N) is 1. The molecule has 104 valence electrons. The highest BCUT2D eigenvalue weighted by Gasteiger charge is 2.25. The molecular formula is C15H19BrFNO. The lowest BCUT2D eigenvalue weighted by molar-refractivity contribution is 0.0702. The van der Waals surface area contributed by atoms with E-state index in [4.69, 9.17) is 0 Å². The summed E-state index contributed by atoms with van der Waals surface area (Å²) in [6.45, 7) is 2.49. The minimum absolute atomic E-state index is 0.0226. The largest absolute Gasteiger partial charge is 0.335 e. The number of halogens is 2. The molecule has 1 aliphatic heterocycles. The molecule has 1 unspecified atom stereocenters. The highest BCUT2D eigenvalue weighted by Crippen LogP contribution is 2.21. The van der Waals surface area contributed by atoms with Crippen molar-refractivity contribution < 1.29 is 9.18 Å². The maximum absolute atomic E-state index is 13.3. The SMILES string of the molecule is Cc1cc(C(=O)N2CCCCCC2CBr)ccc1F. The second-order valence-electron chi connectivity index (χ2n) is 5.12. The number of likely N-dealkylation sites (tertiary alicyclic amines) is 1. The van der Waals surface area contributed by atoms with Crippen molar-refractivity contribution in [1.29, 1.82) is 0 Å². The summed E-state index contributed by atoms with van der Waals surface area (Å²) in [5.41, 5.74) is 1.11. The van der Waals surface area contributed by atoms with Crippen LogP contribution >= 0.6 is 15.9 Å². The third-order valence-corrected chi connectivity index (χ3v) is 4.47. The van der Waals surface area contributed by atoms with Crippen molar-refractivity contribution in [2.75, 3.05) is 11.9 Å². The number of carbonyl (C=O) groups excluding carboxylic acids is 1. The zero-order valence-electron chi connectivity index (χ0n) is 11.2. The van der Waals surface area contributed by atoms with Gasteiger partial charge in [0.2, 0.25) is 0 Å². The third-order valence-electron chi connectivity index (χ3n) is 3.72. The normalized spacial score (nSPS) is 20.2. The Bertz CT molecular complexity index is 463. The van der Waals surface area contributed by atoms with Gasteiger partial charge in [-0.1, -0.05) is 28.8 Å². The quantitative estimate of drug-likeness (QED) is 0.754. The van der Waals surface area contributed by atoms with Gasteiger partial charge < -0.3 is 4.90 Å². The molecule has 2 rings (SSSR count). The van der Waals surface area contributed by atoms with Crippen LogP contribution in [-0.4, -0.2) is 28.7 Å². The highest BCUT2D eigenvalue weighted by molar-refractivity contribution is 9.09. The number of hydrogen-bond donors (Lipinski definition) is 0. The van der Waals surface area contributed by atoms with Crippen LogP contribution in [0.4, 0.5) is 4.39 Å². The molecule has 0 radical (unpaired) electrons. The second kappa shape index (κ2) is 6.51. The fourth-order valence-electron chi connectivity index (χ4n) is 2.55. The van der Waals surface area contributed by atoms with Gasteiger partial charge in [0.15, 0.2) is 0 Å². The van der Waals surface area contributed by atoms with Crippen LogP contribution in [0.3, 0.4) is 0 Å². The Morgan fingerprint density at radius 2 is 2.21 bits per heavy atom. The monoisotopic (exact) mass is 327 g/mol. The van der Waals surface area contributed by atoms with Crippen LogP contribution in [0.1, 0.15) is 41.6 Å². The summed E-state index contributed by atoms with van der Waals surface area (Å²) in [5, 5.41) is 0.804. The first-order chi connectivity index (χ1) is 9.13. The zero-order valence-corrected chi connectivity index (χ0v) is 12.7. The number of alkyl halides is 1. The number of carbonyl (C=O) groups is 1. The number of amides is 1. The molecule has 4 heteroatoms. The molecule has 2 nitrogen and oxygen atoms in total. The summed E-state index contributed by atoms with van der Waals surface area (Å²) in [4.78, 5) is 14.5. The van der Waals surface area contributed by atoms with Crippen molar-refractivity contribution in [3.8, 4) is 0 Å². The second-order valence-corrected chi connectivity index (χ2v) is 5.77. The number of benzene rings is 1. The first-order valence-corrected chi connectivity index (χ1v) is 7.88. The summed E-state index contributed by atoms with van der Waals surface area (Å²) in [7, 11) is 0. The maximum atomic E-state index is 13.3. The van der Waals surface area contributed by atoms with Crippen molar-refractivity contribution in [2.45, 2.75) is 38.6 Å². The summed E-state index contributed by atoms with van der Waals surface area (Å²) >= 11 is 3.50. The van der Waals surface area contributed by atoms with Crippen molar-refractivity contribution >= 4 is 21.8 Å². The van der Waals surface area contributed by atoms with Gasteiger partial charge in [0.1, 0.15) is 5.82 Å². The Balaban J connectivity index is 2.22. The average Bonchev–Trinajstić information content (AvgIpc) is 2.66. The van der Waals surface area contributed by atoms with E-state index in [2.05, 4.69) is 15.9 Å².